The molecule has 3 heterocycles. The molecule has 0 saturated heterocycles. The van der Waals surface area contributed by atoms with Gasteiger partial charge in [0.05, 0.1) is 64.3 Å². The van der Waals surface area contributed by atoms with Crippen LogP contribution < -0.4 is 36.1 Å². The van der Waals surface area contributed by atoms with Crippen molar-refractivity contribution in [1.29, 1.82) is 0 Å². The van der Waals surface area contributed by atoms with E-state index < -0.39 is 0 Å². The Morgan fingerprint density at radius 3 is 1.33 bits per heavy atom. The molecular weight excluding hydrogens is 903 g/mol. The van der Waals surface area contributed by atoms with Gasteiger partial charge in [0, 0.05) is 16.7 Å². The molecule has 3 aromatic carbocycles. The van der Waals surface area contributed by atoms with Crippen LogP contribution in [-0.2, 0) is 0 Å². The Labute approximate surface area is 365 Å². The number of hydrogen-bond donors (Lipinski definition) is 3. The van der Waals surface area contributed by atoms with Crippen LogP contribution in [0.4, 0.5) is 17.8 Å². The van der Waals surface area contributed by atoms with Crippen molar-refractivity contribution in [2.24, 2.45) is 0 Å². The smallest absolute Gasteiger partial charge is 0.321 e. The van der Waals surface area contributed by atoms with Crippen LogP contribution in [0.15, 0.2) is 52.6 Å². The van der Waals surface area contributed by atoms with Gasteiger partial charge in [-0.2, -0.15) is 24.9 Å². The number of halogens is 6. The average molecular weight is 935 g/mol. The summed E-state index contributed by atoms with van der Waals surface area (Å²) in [5, 5.41) is 3.83. The number of hydrogen-bond acceptors (Lipinski definition) is 17. The molecule has 3 aromatic heterocycles. The van der Waals surface area contributed by atoms with E-state index >= 15 is 0 Å². The molecule has 0 unspecified atom stereocenters. The van der Waals surface area contributed by atoms with Crippen molar-refractivity contribution in [3.63, 3.8) is 0 Å². The molecule has 0 aliphatic carbocycles. The second kappa shape index (κ2) is 21.0. The molecule has 0 aliphatic rings. The van der Waals surface area contributed by atoms with E-state index in [9.17, 15) is 0 Å². The van der Waals surface area contributed by atoms with Crippen molar-refractivity contribution in [2.75, 3.05) is 58.2 Å². The summed E-state index contributed by atoms with van der Waals surface area (Å²) in [4.78, 5) is 32.5. The first-order valence-corrected chi connectivity index (χ1v) is 20.3. The first-order chi connectivity index (χ1) is 27.1. The van der Waals surface area contributed by atoms with Crippen LogP contribution >= 0.6 is 93.1 Å². The summed E-state index contributed by atoms with van der Waals surface area (Å²) in [6, 6.07) is 11.7. The van der Waals surface area contributed by atoms with Gasteiger partial charge in [-0.1, -0.05) is 81.4 Å². The lowest BCUT2D eigenvalue weighted by atomic mass is 10.1. The number of thioether (sulfide) groups is 2. The number of anilines is 3. The third-order valence-electron chi connectivity index (χ3n) is 7.04. The fourth-order valence-corrected chi connectivity index (χ4v) is 6.87. The molecule has 6 rings (SSSR count). The maximum Gasteiger partial charge on any atom is 0.321 e. The predicted molar refractivity (Wildman–Crippen MR) is 231 cm³/mol. The molecule has 23 heteroatoms. The van der Waals surface area contributed by atoms with E-state index in [0.717, 1.165) is 5.03 Å². The zero-order valence-corrected chi connectivity index (χ0v) is 36.7. The third kappa shape index (κ3) is 11.9. The number of ether oxygens (including phenoxy) is 4. The van der Waals surface area contributed by atoms with E-state index in [0.29, 0.717) is 80.7 Å². The van der Waals surface area contributed by atoms with Crippen molar-refractivity contribution >= 4 is 111 Å². The van der Waals surface area contributed by atoms with Gasteiger partial charge < -0.3 is 36.1 Å². The molecule has 0 amide bonds. The molecule has 15 nitrogen and oxygen atoms in total. The Bertz CT molecular complexity index is 2130. The van der Waals surface area contributed by atoms with Gasteiger partial charge in [0.25, 0.3) is 0 Å². The second-order valence-electron chi connectivity index (χ2n) is 10.6. The fraction of sp³-hybridized carbons (Fsp3) is 0.176. The highest BCUT2D eigenvalue weighted by Gasteiger charge is 2.16. The lowest BCUT2D eigenvalue weighted by Crippen LogP contribution is -2.03. The lowest BCUT2D eigenvalue weighted by molar-refractivity contribution is 0.379. The average Bonchev–Trinajstić information content (AvgIpc) is 3.17. The molecule has 0 fully saturated rings. The number of nitrogen functional groups attached to an aromatic ring is 3. The Morgan fingerprint density at radius 2 is 0.877 bits per heavy atom. The number of aromatic nitrogens is 8. The van der Waals surface area contributed by atoms with Crippen LogP contribution in [0, 0.1) is 0 Å². The first kappa shape index (κ1) is 45.5. The molecule has 300 valence electrons. The van der Waals surface area contributed by atoms with Gasteiger partial charge in [0.2, 0.25) is 17.8 Å². The summed E-state index contributed by atoms with van der Waals surface area (Å²) >= 11 is 39.3. The minimum Gasteiger partial charge on any atom is -0.495 e. The highest BCUT2D eigenvalue weighted by atomic mass is 35.5. The van der Waals surface area contributed by atoms with Crippen LogP contribution in [0.1, 0.15) is 0 Å². The van der Waals surface area contributed by atoms with Crippen molar-refractivity contribution < 1.29 is 18.9 Å². The van der Waals surface area contributed by atoms with Crippen LogP contribution in [0.5, 0.6) is 23.3 Å². The Balaban J connectivity index is 0.000000189. The Morgan fingerprint density at radius 1 is 0.439 bits per heavy atom. The van der Waals surface area contributed by atoms with Crippen LogP contribution in [-0.4, -0.2) is 80.8 Å². The van der Waals surface area contributed by atoms with E-state index in [1.165, 1.54) is 44.9 Å². The molecule has 6 N–H and O–H groups in total. The Kier molecular flexibility index (Phi) is 16.8. The number of benzene rings is 3. The van der Waals surface area contributed by atoms with Crippen LogP contribution in [0.25, 0.3) is 34.0 Å². The zero-order chi connectivity index (χ0) is 42.0. The zero-order valence-electron chi connectivity index (χ0n) is 30.6. The number of nitrogens with zero attached hydrogens (tertiary/aromatic N) is 8. The summed E-state index contributed by atoms with van der Waals surface area (Å²) in [6.07, 6.45) is 3.76. The molecule has 0 saturated carbocycles. The largest absolute Gasteiger partial charge is 0.495 e. The maximum atomic E-state index is 6.19. The predicted octanol–water partition coefficient (Wildman–Crippen LogP) is 9.37. The first-order valence-electron chi connectivity index (χ1n) is 15.5. The molecule has 0 bridgehead atoms. The molecule has 6 aromatic rings. The molecule has 0 spiro atoms. The van der Waals surface area contributed by atoms with Crippen molar-refractivity contribution in [1.82, 2.24) is 39.9 Å². The summed E-state index contributed by atoms with van der Waals surface area (Å²) in [5.74, 6) is 2.52. The van der Waals surface area contributed by atoms with Crippen molar-refractivity contribution in [2.45, 2.75) is 10.2 Å². The van der Waals surface area contributed by atoms with Gasteiger partial charge in [-0.3, -0.25) is 0 Å². The number of methoxy groups -OCH3 is 4. The Hall–Kier alpha value is -4.20. The van der Waals surface area contributed by atoms with E-state index in [2.05, 4.69) is 39.9 Å². The standard InChI is InChI=1S/C12H11Cl2N3OS.C11H10Cl2N4O2.C11H10Cl2N4OS/c1-18-10-3-6(7(13)4-8(10)14)9-5-11(19-2)17-12(15)16-9;2*1-18-8-3-5(6(12)4-7(8)13)9-15-10(14)17-11(16-9)19-2/h3-5H,1-2H3,(H2,15,16,17);2*3-4H,1-2H3,(H2,14,15,16,17). The quantitative estimate of drug-likeness (QED) is 0.0908. The van der Waals surface area contributed by atoms with Crippen LogP contribution in [0.2, 0.25) is 30.1 Å². The molecule has 0 radical (unpaired) electrons. The molecule has 57 heavy (non-hydrogen) atoms. The minimum atomic E-state index is 0.0341. The maximum absolute atomic E-state index is 6.19. The van der Waals surface area contributed by atoms with Gasteiger partial charge >= 0.3 is 6.01 Å². The molecule has 0 atom stereocenters. The van der Waals surface area contributed by atoms with Crippen molar-refractivity contribution in [3.05, 3.63) is 72.6 Å². The summed E-state index contributed by atoms with van der Waals surface area (Å²) in [5.41, 5.74) is 19.4. The lowest BCUT2D eigenvalue weighted by Gasteiger charge is -2.10. The minimum absolute atomic E-state index is 0.0341. The monoisotopic (exact) mass is 931 g/mol. The topological polar surface area (TPSA) is 218 Å². The normalized spacial score (nSPS) is 10.5. The third-order valence-corrected chi connectivity index (χ3v) is 10.0. The summed E-state index contributed by atoms with van der Waals surface area (Å²) < 4.78 is 20.4. The van der Waals surface area contributed by atoms with Gasteiger partial charge in [0.1, 0.15) is 22.3 Å². The van der Waals surface area contributed by atoms with E-state index in [4.69, 9.17) is 106 Å². The summed E-state index contributed by atoms with van der Waals surface area (Å²) in [6.45, 7) is 0. The number of nitrogens with two attached hydrogens (primary N) is 3. The second-order valence-corrected chi connectivity index (χ2v) is 14.6. The van der Waals surface area contributed by atoms with Crippen molar-refractivity contribution in [3.8, 4) is 57.3 Å². The van der Waals surface area contributed by atoms with E-state index in [1.807, 2.05) is 18.6 Å². The van der Waals surface area contributed by atoms with E-state index in [-0.39, 0.29) is 29.7 Å². The van der Waals surface area contributed by atoms with Gasteiger partial charge in [-0.25, -0.2) is 15.0 Å². The summed E-state index contributed by atoms with van der Waals surface area (Å²) in [7, 11) is 6.00. The van der Waals surface area contributed by atoms with Gasteiger partial charge in [-0.05, 0) is 55.0 Å². The van der Waals surface area contributed by atoms with E-state index in [1.54, 1.807) is 43.5 Å². The molecular formula is C34H31Cl6N11O4S2. The highest BCUT2D eigenvalue weighted by molar-refractivity contribution is 7.98. The molecule has 0 aliphatic heterocycles. The fourth-order valence-electron chi connectivity index (χ4n) is 4.45. The number of rotatable bonds is 9. The SMILES string of the molecule is COc1cc(-c2cc(SC)nc(N)n2)c(Cl)cc1Cl.COc1cc(-c2nc(N)nc(SC)n2)c(Cl)cc1Cl.COc1nc(N)nc(-c2cc(OC)c(Cl)cc2Cl)n1. The highest BCUT2D eigenvalue weighted by Crippen LogP contribution is 2.38. The van der Waals surface area contributed by atoms with Gasteiger partial charge in [0.15, 0.2) is 16.8 Å². The van der Waals surface area contributed by atoms with Gasteiger partial charge in [-0.15, -0.1) is 11.8 Å². The van der Waals surface area contributed by atoms with Crippen LogP contribution in [0.3, 0.4) is 0 Å².